The lowest BCUT2D eigenvalue weighted by atomic mass is 10.1. The zero-order chi connectivity index (χ0) is 28.4. The number of hydrogen-bond acceptors (Lipinski definition) is 9. The molecule has 1 fully saturated rings. The highest BCUT2D eigenvalue weighted by atomic mass is 16.5. The van der Waals surface area contributed by atoms with E-state index in [9.17, 15) is 4.79 Å². The summed E-state index contributed by atoms with van der Waals surface area (Å²) in [6, 6.07) is 13.6. The minimum absolute atomic E-state index is 0.134. The molecule has 4 bridgehead atoms. The minimum atomic E-state index is -0.394. The fourth-order valence-electron chi connectivity index (χ4n) is 5.56. The van der Waals surface area contributed by atoms with Crippen LogP contribution in [0, 0.1) is 0 Å². The summed E-state index contributed by atoms with van der Waals surface area (Å²) in [5.41, 5.74) is 2.32. The topological polar surface area (TPSA) is 91.2 Å². The molecule has 3 unspecified atom stereocenters. The number of aromatic nitrogens is 3. The number of fused-ring (bicyclic) bond motifs is 5. The van der Waals surface area contributed by atoms with Gasteiger partial charge in [-0.25, -0.2) is 4.79 Å². The summed E-state index contributed by atoms with van der Waals surface area (Å²) >= 11 is 0. The molecule has 3 atom stereocenters. The summed E-state index contributed by atoms with van der Waals surface area (Å²) in [5, 5.41) is 9.56. The molecule has 0 amide bonds. The van der Waals surface area contributed by atoms with E-state index in [1.54, 1.807) is 26.4 Å². The van der Waals surface area contributed by atoms with Gasteiger partial charge in [0.05, 0.1) is 45.2 Å². The lowest BCUT2D eigenvalue weighted by Crippen LogP contribution is -2.33. The van der Waals surface area contributed by atoms with Gasteiger partial charge in [-0.1, -0.05) is 30.3 Å². The quantitative estimate of drug-likeness (QED) is 0.431. The zero-order valence-corrected chi connectivity index (χ0v) is 24.2. The van der Waals surface area contributed by atoms with E-state index in [0.29, 0.717) is 36.0 Å². The van der Waals surface area contributed by atoms with Crippen molar-refractivity contribution in [2.24, 2.45) is 0 Å². The Morgan fingerprint density at radius 2 is 1.56 bits per heavy atom. The van der Waals surface area contributed by atoms with Gasteiger partial charge in [0.15, 0.2) is 11.5 Å². The van der Waals surface area contributed by atoms with E-state index in [1.165, 1.54) is 0 Å². The molecule has 2 aliphatic heterocycles. The fraction of sp³-hybridized carbons (Fsp3) is 0.516. The van der Waals surface area contributed by atoms with Gasteiger partial charge in [0.1, 0.15) is 5.69 Å². The normalized spacial score (nSPS) is 22.8. The second kappa shape index (κ2) is 14.3. The number of benzene rings is 2. The van der Waals surface area contributed by atoms with Crippen molar-refractivity contribution in [1.29, 1.82) is 0 Å². The van der Waals surface area contributed by atoms with E-state index in [2.05, 4.69) is 27.0 Å². The van der Waals surface area contributed by atoms with Crippen molar-refractivity contribution in [1.82, 2.24) is 24.8 Å². The number of nitrogens with zero attached hydrogens (tertiary/aromatic N) is 5. The van der Waals surface area contributed by atoms with Crippen LogP contribution in [0.4, 0.5) is 0 Å². The smallest absolute Gasteiger partial charge is 0.338 e. The standard InChI is InChI=1S/C31H41N5O5/c1-38-28-21-25-22-29(30(28)39-2)40-19-6-11-26(36-32-23-27(33-36)24-9-4-3-5-10-24)12-16-35-14-7-13-34(17-18-35)15-8-20-41-31(25)37/h3-5,9-10,21-23,26H,6-8,11-20H2,1-2H3. The van der Waals surface area contributed by atoms with Crippen molar-refractivity contribution in [3.63, 3.8) is 0 Å². The Morgan fingerprint density at radius 1 is 0.805 bits per heavy atom. The number of cyclic esters (lactones) is 1. The van der Waals surface area contributed by atoms with Crippen molar-refractivity contribution >= 4 is 5.97 Å². The van der Waals surface area contributed by atoms with Crippen molar-refractivity contribution in [2.75, 3.05) is 66.7 Å². The molecule has 0 saturated carbocycles. The molecule has 1 saturated heterocycles. The van der Waals surface area contributed by atoms with Crippen LogP contribution in [0.25, 0.3) is 11.3 Å². The summed E-state index contributed by atoms with van der Waals surface area (Å²) in [6.07, 6.45) is 6.36. The Balaban J connectivity index is 1.36. The second-order valence-electron chi connectivity index (χ2n) is 10.6. The van der Waals surface area contributed by atoms with Crippen LogP contribution in [0.3, 0.4) is 0 Å². The van der Waals surface area contributed by atoms with E-state index in [4.69, 9.17) is 24.0 Å². The molecule has 41 heavy (non-hydrogen) atoms. The number of methoxy groups -OCH3 is 2. The Bertz CT molecular complexity index is 1270. The van der Waals surface area contributed by atoms with Crippen molar-refractivity contribution in [2.45, 2.75) is 38.1 Å². The van der Waals surface area contributed by atoms with Crippen LogP contribution in [-0.4, -0.2) is 97.5 Å². The third-order valence-corrected chi connectivity index (χ3v) is 7.84. The van der Waals surface area contributed by atoms with Gasteiger partial charge in [-0.15, -0.1) is 0 Å². The van der Waals surface area contributed by atoms with Gasteiger partial charge in [-0.2, -0.15) is 15.0 Å². The number of ether oxygens (including phenoxy) is 4. The first kappa shape index (κ1) is 28.9. The van der Waals surface area contributed by atoms with Crippen LogP contribution in [0.1, 0.15) is 48.5 Å². The average Bonchev–Trinajstić information content (AvgIpc) is 3.39. The SMILES string of the molecule is COc1cc2cc(c1OC)OCCCC(n1ncc(-c3ccccc3)n1)CCN1CCCN(CCCOC2=O)CC1. The molecule has 3 aromatic rings. The molecule has 10 nitrogen and oxygen atoms in total. The molecule has 0 N–H and O–H groups in total. The van der Waals surface area contributed by atoms with Crippen molar-refractivity contribution in [3.8, 4) is 28.5 Å². The molecule has 0 radical (unpaired) electrons. The Morgan fingerprint density at radius 3 is 2.34 bits per heavy atom. The lowest BCUT2D eigenvalue weighted by molar-refractivity contribution is 0.0487. The van der Waals surface area contributed by atoms with Crippen LogP contribution in [0.2, 0.25) is 0 Å². The van der Waals surface area contributed by atoms with E-state index < -0.39 is 5.97 Å². The second-order valence-corrected chi connectivity index (χ2v) is 10.6. The molecule has 10 heteroatoms. The number of carbonyl (C=O) groups is 1. The Hall–Kier alpha value is -3.63. The van der Waals surface area contributed by atoms with Gasteiger partial charge in [-0.3, -0.25) is 0 Å². The number of hydrogen-bond donors (Lipinski definition) is 0. The summed E-state index contributed by atoms with van der Waals surface area (Å²) in [4.78, 5) is 19.8. The summed E-state index contributed by atoms with van der Waals surface area (Å²) < 4.78 is 22.9. The lowest BCUT2D eigenvalue weighted by Gasteiger charge is -2.24. The number of esters is 1. The fourth-order valence-corrected chi connectivity index (χ4v) is 5.56. The molecular formula is C31H41N5O5. The van der Waals surface area contributed by atoms with E-state index in [0.717, 1.165) is 82.6 Å². The first-order chi connectivity index (χ1) is 20.1. The molecule has 0 spiro atoms. The average molecular weight is 564 g/mol. The highest BCUT2D eigenvalue weighted by Crippen LogP contribution is 2.39. The Labute approximate surface area is 242 Å². The third-order valence-electron chi connectivity index (χ3n) is 7.84. The predicted octanol–water partition coefficient (Wildman–Crippen LogP) is 4.32. The molecule has 5 rings (SSSR count). The van der Waals surface area contributed by atoms with E-state index >= 15 is 0 Å². The minimum Gasteiger partial charge on any atom is -0.493 e. The van der Waals surface area contributed by atoms with E-state index in [1.807, 2.05) is 29.2 Å². The molecular weight excluding hydrogens is 522 g/mol. The van der Waals surface area contributed by atoms with Gasteiger partial charge in [0.2, 0.25) is 5.75 Å². The predicted molar refractivity (Wildman–Crippen MR) is 156 cm³/mol. The molecule has 2 aliphatic rings. The van der Waals surface area contributed by atoms with Gasteiger partial charge in [0.25, 0.3) is 0 Å². The maximum atomic E-state index is 12.9. The molecule has 1 aromatic heterocycles. The maximum Gasteiger partial charge on any atom is 0.338 e. The van der Waals surface area contributed by atoms with Crippen LogP contribution in [0.15, 0.2) is 48.7 Å². The number of carbonyl (C=O) groups excluding carboxylic acids is 1. The monoisotopic (exact) mass is 563 g/mol. The van der Waals surface area contributed by atoms with E-state index in [-0.39, 0.29) is 6.04 Å². The molecule has 220 valence electrons. The largest absolute Gasteiger partial charge is 0.493 e. The number of rotatable bonds is 4. The van der Waals surface area contributed by atoms with Crippen LogP contribution >= 0.6 is 0 Å². The Kier molecular flexibility index (Phi) is 10.1. The highest BCUT2D eigenvalue weighted by molar-refractivity contribution is 5.91. The molecule has 2 aromatic carbocycles. The zero-order valence-electron chi connectivity index (χ0n) is 24.2. The van der Waals surface area contributed by atoms with Crippen LogP contribution < -0.4 is 14.2 Å². The molecule has 3 heterocycles. The molecule has 0 aliphatic carbocycles. The van der Waals surface area contributed by atoms with Gasteiger partial charge in [0, 0.05) is 31.7 Å². The highest BCUT2D eigenvalue weighted by Gasteiger charge is 2.22. The summed E-state index contributed by atoms with van der Waals surface area (Å²) in [7, 11) is 3.11. The van der Waals surface area contributed by atoms with Crippen LogP contribution in [0.5, 0.6) is 17.2 Å². The third kappa shape index (κ3) is 7.56. The van der Waals surface area contributed by atoms with Crippen molar-refractivity contribution < 1.29 is 23.7 Å². The van der Waals surface area contributed by atoms with Crippen LogP contribution in [-0.2, 0) is 4.74 Å². The van der Waals surface area contributed by atoms with Gasteiger partial charge < -0.3 is 28.7 Å². The first-order valence-corrected chi connectivity index (χ1v) is 14.6. The summed E-state index contributed by atoms with van der Waals surface area (Å²) in [5.74, 6) is 0.961. The first-order valence-electron chi connectivity index (χ1n) is 14.6. The van der Waals surface area contributed by atoms with Gasteiger partial charge in [-0.05, 0) is 57.3 Å². The van der Waals surface area contributed by atoms with Crippen molar-refractivity contribution in [3.05, 3.63) is 54.2 Å². The maximum absolute atomic E-state index is 12.9. The van der Waals surface area contributed by atoms with Gasteiger partial charge >= 0.3 is 5.97 Å². The summed E-state index contributed by atoms with van der Waals surface area (Å²) in [6.45, 7) is 6.90.